The van der Waals surface area contributed by atoms with Crippen LogP contribution in [0.5, 0.6) is 0 Å². The topological polar surface area (TPSA) is 64.8 Å². The number of fused-ring (bicyclic) bond motifs is 1. The largest absolute Gasteiger partial charge is 0.380 e. The van der Waals surface area contributed by atoms with Crippen molar-refractivity contribution in [1.82, 2.24) is 4.90 Å². The first-order valence-corrected chi connectivity index (χ1v) is 7.65. The monoisotopic (exact) mass is 282 g/mol. The number of nitrogens with zero attached hydrogens (tertiary/aromatic N) is 1. The number of rotatable bonds is 2. The van der Waals surface area contributed by atoms with Crippen LogP contribution in [0.1, 0.15) is 33.1 Å². The molecule has 20 heavy (non-hydrogen) atoms. The Morgan fingerprint density at radius 2 is 2.15 bits per heavy atom. The van der Waals surface area contributed by atoms with E-state index in [1.807, 2.05) is 4.90 Å². The van der Waals surface area contributed by atoms with E-state index in [4.69, 9.17) is 15.2 Å². The molecule has 3 aliphatic rings. The highest BCUT2D eigenvalue weighted by Crippen LogP contribution is 2.58. The van der Waals surface area contributed by atoms with Gasteiger partial charge in [0.1, 0.15) is 5.54 Å². The smallest absolute Gasteiger partial charge is 0.243 e. The number of hydrogen-bond acceptors (Lipinski definition) is 4. The Kier molecular flexibility index (Phi) is 3.35. The van der Waals surface area contributed by atoms with Gasteiger partial charge in [0.05, 0.1) is 12.2 Å². The first kappa shape index (κ1) is 14.3. The first-order valence-electron chi connectivity index (χ1n) is 7.65. The molecule has 4 atom stereocenters. The van der Waals surface area contributed by atoms with Gasteiger partial charge in [-0.3, -0.25) is 4.79 Å². The van der Waals surface area contributed by atoms with Crippen molar-refractivity contribution in [3.63, 3.8) is 0 Å². The summed E-state index contributed by atoms with van der Waals surface area (Å²) in [6.07, 6.45) is 3.20. The molecule has 0 radical (unpaired) electrons. The number of nitrogens with two attached hydrogens (primary N) is 1. The van der Waals surface area contributed by atoms with Gasteiger partial charge in [-0.15, -0.1) is 0 Å². The maximum absolute atomic E-state index is 13.0. The third-order valence-corrected chi connectivity index (χ3v) is 5.81. The number of amides is 1. The Bertz CT molecular complexity index is 412. The zero-order valence-electron chi connectivity index (χ0n) is 12.7. The molecule has 5 heteroatoms. The van der Waals surface area contributed by atoms with Crippen molar-refractivity contribution in [2.24, 2.45) is 17.1 Å². The highest BCUT2D eigenvalue weighted by Gasteiger charge is 2.71. The molecule has 0 aromatic rings. The van der Waals surface area contributed by atoms with Crippen LogP contribution >= 0.6 is 0 Å². The van der Waals surface area contributed by atoms with Gasteiger partial charge in [-0.05, 0) is 19.3 Å². The number of piperidine rings is 1. The lowest BCUT2D eigenvalue weighted by atomic mass is 9.47. The summed E-state index contributed by atoms with van der Waals surface area (Å²) in [7, 11) is 1.71. The molecule has 114 valence electrons. The van der Waals surface area contributed by atoms with Gasteiger partial charge in [0.2, 0.25) is 5.91 Å². The van der Waals surface area contributed by atoms with E-state index in [9.17, 15) is 4.79 Å². The van der Waals surface area contributed by atoms with E-state index in [0.717, 1.165) is 32.4 Å². The lowest BCUT2D eigenvalue weighted by Crippen LogP contribution is -2.80. The van der Waals surface area contributed by atoms with Gasteiger partial charge in [-0.2, -0.15) is 0 Å². The van der Waals surface area contributed by atoms with E-state index in [-0.39, 0.29) is 29.4 Å². The number of ether oxygens (including phenoxy) is 2. The molecule has 2 saturated heterocycles. The molecule has 3 rings (SSSR count). The Hall–Kier alpha value is -0.650. The molecule has 3 fully saturated rings. The average Bonchev–Trinajstić information content (AvgIpc) is 2.94. The van der Waals surface area contributed by atoms with E-state index >= 15 is 0 Å². The quantitative estimate of drug-likeness (QED) is 0.812. The Labute approximate surface area is 120 Å². The van der Waals surface area contributed by atoms with E-state index in [2.05, 4.69) is 13.8 Å². The molecule has 0 bridgehead atoms. The fourth-order valence-corrected chi connectivity index (χ4v) is 4.40. The molecule has 2 heterocycles. The molecule has 0 aromatic carbocycles. The standard InChI is InChI=1S/C15H26N2O3/c1-14(2)12-11(6-8-20-12)15(14,16)13(18)17-7-4-5-10(9-17)19-3/h10-12H,4-9,16H2,1-3H3. The van der Waals surface area contributed by atoms with Crippen LogP contribution in [0, 0.1) is 11.3 Å². The van der Waals surface area contributed by atoms with Gasteiger partial charge in [-0.1, -0.05) is 13.8 Å². The Balaban J connectivity index is 1.79. The second kappa shape index (κ2) is 4.68. The maximum Gasteiger partial charge on any atom is 0.243 e. The fraction of sp³-hybridized carbons (Fsp3) is 0.933. The average molecular weight is 282 g/mol. The van der Waals surface area contributed by atoms with Crippen molar-refractivity contribution in [3.05, 3.63) is 0 Å². The lowest BCUT2D eigenvalue weighted by Gasteiger charge is -2.62. The Morgan fingerprint density at radius 1 is 1.40 bits per heavy atom. The first-order chi connectivity index (χ1) is 9.42. The van der Waals surface area contributed by atoms with Gasteiger partial charge >= 0.3 is 0 Å². The highest BCUT2D eigenvalue weighted by atomic mass is 16.5. The summed E-state index contributed by atoms with van der Waals surface area (Å²) in [4.78, 5) is 14.9. The third kappa shape index (κ3) is 1.69. The van der Waals surface area contributed by atoms with Gasteiger partial charge in [0.25, 0.3) is 0 Å². The minimum absolute atomic E-state index is 0.0935. The maximum atomic E-state index is 13.0. The molecule has 1 amide bonds. The molecular weight excluding hydrogens is 256 g/mol. The van der Waals surface area contributed by atoms with Gasteiger partial charge in [0, 0.05) is 38.1 Å². The van der Waals surface area contributed by atoms with Crippen molar-refractivity contribution < 1.29 is 14.3 Å². The molecule has 0 spiro atoms. The lowest BCUT2D eigenvalue weighted by molar-refractivity contribution is -0.186. The van der Waals surface area contributed by atoms with Crippen LogP contribution in [-0.4, -0.2) is 55.4 Å². The summed E-state index contributed by atoms with van der Waals surface area (Å²) in [5, 5.41) is 0. The molecule has 2 aliphatic heterocycles. The SMILES string of the molecule is COC1CCCN(C(=O)C2(N)C3CCOC3C2(C)C)C1. The fourth-order valence-electron chi connectivity index (χ4n) is 4.40. The minimum atomic E-state index is -0.774. The van der Waals surface area contributed by atoms with Crippen molar-refractivity contribution in [1.29, 1.82) is 0 Å². The highest BCUT2D eigenvalue weighted by molar-refractivity contribution is 5.89. The number of carbonyl (C=O) groups is 1. The zero-order chi connectivity index (χ0) is 14.5. The van der Waals surface area contributed by atoms with Crippen LogP contribution in [0.4, 0.5) is 0 Å². The summed E-state index contributed by atoms with van der Waals surface area (Å²) >= 11 is 0. The van der Waals surface area contributed by atoms with Crippen molar-refractivity contribution >= 4 is 5.91 Å². The third-order valence-electron chi connectivity index (χ3n) is 5.81. The molecule has 4 unspecified atom stereocenters. The van der Waals surface area contributed by atoms with Gasteiger partial charge < -0.3 is 20.1 Å². The van der Waals surface area contributed by atoms with E-state index < -0.39 is 5.54 Å². The Morgan fingerprint density at radius 3 is 2.85 bits per heavy atom. The second-order valence-corrected chi connectivity index (χ2v) is 7.03. The summed E-state index contributed by atoms with van der Waals surface area (Å²) in [6.45, 7) is 6.32. The summed E-state index contributed by atoms with van der Waals surface area (Å²) in [5.41, 5.74) is 5.55. The van der Waals surface area contributed by atoms with Crippen LogP contribution in [0.2, 0.25) is 0 Å². The molecule has 1 saturated carbocycles. The van der Waals surface area contributed by atoms with E-state index in [0.29, 0.717) is 6.54 Å². The van der Waals surface area contributed by atoms with Crippen molar-refractivity contribution in [2.45, 2.75) is 50.9 Å². The predicted molar refractivity (Wildman–Crippen MR) is 75.2 cm³/mol. The number of carbonyl (C=O) groups excluding carboxylic acids is 1. The summed E-state index contributed by atoms with van der Waals surface area (Å²) in [6, 6.07) is 0. The predicted octanol–water partition coefficient (Wildman–Crippen LogP) is 0.766. The van der Waals surface area contributed by atoms with Crippen LogP contribution < -0.4 is 5.73 Å². The normalized spacial score (nSPS) is 43.0. The molecule has 0 aromatic heterocycles. The molecular formula is C15H26N2O3. The van der Waals surface area contributed by atoms with Crippen LogP contribution in [0.25, 0.3) is 0 Å². The van der Waals surface area contributed by atoms with E-state index in [1.54, 1.807) is 7.11 Å². The van der Waals surface area contributed by atoms with Crippen molar-refractivity contribution in [3.8, 4) is 0 Å². The van der Waals surface area contributed by atoms with Gasteiger partial charge in [-0.25, -0.2) is 0 Å². The number of likely N-dealkylation sites (tertiary alicyclic amines) is 1. The second-order valence-electron chi connectivity index (χ2n) is 7.03. The molecule has 5 nitrogen and oxygen atoms in total. The summed E-state index contributed by atoms with van der Waals surface area (Å²) < 4.78 is 11.2. The molecule has 2 N–H and O–H groups in total. The van der Waals surface area contributed by atoms with E-state index in [1.165, 1.54) is 0 Å². The van der Waals surface area contributed by atoms with Gasteiger partial charge in [0.15, 0.2) is 0 Å². The molecule has 1 aliphatic carbocycles. The van der Waals surface area contributed by atoms with Crippen LogP contribution in [-0.2, 0) is 14.3 Å². The minimum Gasteiger partial charge on any atom is -0.380 e. The van der Waals surface area contributed by atoms with Crippen LogP contribution in [0.15, 0.2) is 0 Å². The number of methoxy groups -OCH3 is 1. The van der Waals surface area contributed by atoms with Crippen molar-refractivity contribution in [2.75, 3.05) is 26.8 Å². The summed E-state index contributed by atoms with van der Waals surface area (Å²) in [5.74, 6) is 0.268. The zero-order valence-corrected chi connectivity index (χ0v) is 12.7. The number of hydrogen-bond donors (Lipinski definition) is 1. The van der Waals surface area contributed by atoms with Crippen LogP contribution in [0.3, 0.4) is 0 Å².